The number of halogens is 1. The van der Waals surface area contributed by atoms with Crippen molar-refractivity contribution in [2.45, 2.75) is 37.6 Å². The van der Waals surface area contributed by atoms with Crippen LogP contribution in [0.25, 0.3) is 0 Å². The Bertz CT molecular complexity index is 896. The maximum absolute atomic E-state index is 12.5. The van der Waals surface area contributed by atoms with Gasteiger partial charge in [0, 0.05) is 18.5 Å². The van der Waals surface area contributed by atoms with Crippen LogP contribution in [0.2, 0.25) is 5.02 Å². The largest absolute Gasteiger partial charge is 0.339 e. The fraction of sp³-hybridized carbons (Fsp3) is 0.316. The molecule has 0 aliphatic rings. The lowest BCUT2D eigenvalue weighted by atomic mass is 10.0. The summed E-state index contributed by atoms with van der Waals surface area (Å²) in [5, 5.41) is 5.80. The summed E-state index contributed by atoms with van der Waals surface area (Å²) in [5.74, 6) is 0.00437. The van der Waals surface area contributed by atoms with E-state index in [0.717, 1.165) is 16.7 Å². The number of hydrogen-bond donors (Lipinski definition) is 1. The zero-order valence-electron chi connectivity index (χ0n) is 15.1. The minimum Gasteiger partial charge on any atom is -0.339 e. The Morgan fingerprint density at radius 3 is 2.35 bits per heavy atom. The summed E-state index contributed by atoms with van der Waals surface area (Å²) in [4.78, 5) is 14.2. The highest BCUT2D eigenvalue weighted by atomic mass is 35.5. The highest BCUT2D eigenvalue weighted by molar-refractivity contribution is 7.89. The number of sulfonamides is 1. The predicted octanol–water partition coefficient (Wildman–Crippen LogP) is 3.45. The Kier molecular flexibility index (Phi) is 6.44. The predicted molar refractivity (Wildman–Crippen MR) is 104 cm³/mol. The van der Waals surface area contributed by atoms with E-state index >= 15 is 0 Å². The Balaban J connectivity index is 2.01. The van der Waals surface area contributed by atoms with Gasteiger partial charge in [-0.25, -0.2) is 13.6 Å². The van der Waals surface area contributed by atoms with Crippen molar-refractivity contribution in [2.24, 2.45) is 5.14 Å². The van der Waals surface area contributed by atoms with Gasteiger partial charge in [-0.15, -0.1) is 0 Å². The molecule has 140 valence electrons. The summed E-state index contributed by atoms with van der Waals surface area (Å²) >= 11 is 6.12. The van der Waals surface area contributed by atoms with Crippen LogP contribution < -0.4 is 5.14 Å². The summed E-state index contributed by atoms with van der Waals surface area (Å²) in [6.45, 7) is 3.83. The number of rotatable bonds is 6. The van der Waals surface area contributed by atoms with E-state index in [1.165, 1.54) is 12.1 Å². The first-order valence-electron chi connectivity index (χ1n) is 8.23. The molecule has 0 aliphatic carbocycles. The van der Waals surface area contributed by atoms with E-state index in [2.05, 4.69) is 0 Å². The third-order valence-electron chi connectivity index (χ3n) is 4.53. The van der Waals surface area contributed by atoms with Crippen molar-refractivity contribution in [2.75, 3.05) is 7.05 Å². The molecule has 0 radical (unpaired) electrons. The second kappa shape index (κ2) is 8.20. The number of carbonyl (C=O) groups is 1. The monoisotopic (exact) mass is 394 g/mol. The lowest BCUT2D eigenvalue weighted by Gasteiger charge is -2.25. The van der Waals surface area contributed by atoms with Gasteiger partial charge in [-0.05, 0) is 55.2 Å². The van der Waals surface area contributed by atoms with Crippen molar-refractivity contribution in [1.82, 2.24) is 4.90 Å². The maximum Gasteiger partial charge on any atom is 0.238 e. The lowest BCUT2D eigenvalue weighted by Crippen LogP contribution is -2.29. The topological polar surface area (TPSA) is 80.5 Å². The number of aryl methyl sites for hydroxylation is 2. The average Bonchev–Trinajstić information content (AvgIpc) is 2.60. The van der Waals surface area contributed by atoms with E-state index < -0.39 is 10.0 Å². The highest BCUT2D eigenvalue weighted by Gasteiger charge is 2.18. The molecule has 0 saturated carbocycles. The molecular formula is C19H23ClN2O3S. The van der Waals surface area contributed by atoms with E-state index in [1.807, 2.05) is 32.0 Å². The number of nitrogens with zero attached hydrogens (tertiary/aromatic N) is 1. The van der Waals surface area contributed by atoms with Crippen molar-refractivity contribution >= 4 is 27.5 Å². The number of amides is 1. The molecule has 26 heavy (non-hydrogen) atoms. The van der Waals surface area contributed by atoms with Gasteiger partial charge in [0.2, 0.25) is 15.9 Å². The quantitative estimate of drug-likeness (QED) is 0.814. The summed E-state index contributed by atoms with van der Waals surface area (Å²) in [7, 11) is -1.98. The minimum absolute atomic E-state index is 0.00437. The molecule has 2 aromatic carbocycles. The van der Waals surface area contributed by atoms with Crippen LogP contribution in [0, 0.1) is 6.92 Å². The average molecular weight is 395 g/mol. The second-order valence-corrected chi connectivity index (χ2v) is 8.35. The number of hydrogen-bond acceptors (Lipinski definition) is 3. The fourth-order valence-corrected chi connectivity index (χ4v) is 3.31. The zero-order valence-corrected chi connectivity index (χ0v) is 16.6. The van der Waals surface area contributed by atoms with E-state index in [4.69, 9.17) is 16.7 Å². The van der Waals surface area contributed by atoms with Gasteiger partial charge in [0.15, 0.2) is 0 Å². The molecule has 5 nitrogen and oxygen atoms in total. The van der Waals surface area contributed by atoms with Gasteiger partial charge in [-0.1, -0.05) is 35.9 Å². The van der Waals surface area contributed by atoms with Gasteiger partial charge in [0.1, 0.15) is 0 Å². The number of primary sulfonamides is 1. The second-order valence-electron chi connectivity index (χ2n) is 6.38. The SMILES string of the molecule is Cc1ccc(CCC(=O)N(C)[C@@H](C)c2ccc(S(N)(=O)=O)cc2)cc1Cl. The third-order valence-corrected chi connectivity index (χ3v) is 5.87. The number of nitrogens with two attached hydrogens (primary N) is 1. The smallest absolute Gasteiger partial charge is 0.238 e. The molecule has 0 aromatic heterocycles. The zero-order chi connectivity index (χ0) is 19.5. The number of carbonyl (C=O) groups excluding carboxylic acids is 1. The van der Waals surface area contributed by atoms with Crippen LogP contribution in [-0.4, -0.2) is 26.3 Å². The van der Waals surface area contributed by atoms with Crippen LogP contribution >= 0.6 is 11.6 Å². The van der Waals surface area contributed by atoms with Gasteiger partial charge in [-0.2, -0.15) is 0 Å². The molecule has 2 aromatic rings. The maximum atomic E-state index is 12.5. The van der Waals surface area contributed by atoms with Gasteiger partial charge in [-0.3, -0.25) is 4.79 Å². The first-order chi connectivity index (χ1) is 12.1. The minimum atomic E-state index is -3.72. The highest BCUT2D eigenvalue weighted by Crippen LogP contribution is 2.22. The molecule has 2 N–H and O–H groups in total. The van der Waals surface area contributed by atoms with Crippen molar-refractivity contribution in [3.63, 3.8) is 0 Å². The summed E-state index contributed by atoms with van der Waals surface area (Å²) < 4.78 is 22.6. The van der Waals surface area contributed by atoms with Gasteiger partial charge in [0.25, 0.3) is 0 Å². The molecule has 0 heterocycles. The summed E-state index contributed by atoms with van der Waals surface area (Å²) in [6, 6.07) is 11.9. The van der Waals surface area contributed by atoms with Crippen LogP contribution in [0.4, 0.5) is 0 Å². The van der Waals surface area contributed by atoms with Crippen molar-refractivity contribution in [3.05, 3.63) is 64.2 Å². The standard InChI is InChI=1S/C19H23ClN2O3S/c1-13-4-5-15(12-18(13)20)6-11-19(23)22(3)14(2)16-7-9-17(10-8-16)26(21,24)25/h4-5,7-10,12,14H,6,11H2,1-3H3,(H2,21,24,25)/t14-/m0/s1. The molecule has 0 spiro atoms. The molecular weight excluding hydrogens is 372 g/mol. The third kappa shape index (κ3) is 5.06. The van der Waals surface area contributed by atoms with Crippen molar-refractivity contribution < 1.29 is 13.2 Å². The normalized spacial score (nSPS) is 12.7. The molecule has 0 fully saturated rings. The van der Waals surface area contributed by atoms with Crippen LogP contribution in [0.15, 0.2) is 47.4 Å². The fourth-order valence-electron chi connectivity index (χ4n) is 2.60. The Hall–Kier alpha value is -1.89. The summed E-state index contributed by atoms with van der Waals surface area (Å²) in [6.07, 6.45) is 0.982. The van der Waals surface area contributed by atoms with Crippen LogP contribution in [0.3, 0.4) is 0 Å². The van der Waals surface area contributed by atoms with Gasteiger partial charge < -0.3 is 4.90 Å². The molecule has 2 rings (SSSR count). The summed E-state index contributed by atoms with van der Waals surface area (Å²) in [5.41, 5.74) is 2.87. The Labute approximate surface area is 159 Å². The molecule has 0 unspecified atom stereocenters. The molecule has 7 heteroatoms. The molecule has 0 aliphatic heterocycles. The molecule has 1 amide bonds. The van der Waals surface area contributed by atoms with Crippen LogP contribution in [0.1, 0.15) is 36.1 Å². The van der Waals surface area contributed by atoms with E-state index in [9.17, 15) is 13.2 Å². The lowest BCUT2D eigenvalue weighted by molar-refractivity contribution is -0.131. The van der Waals surface area contributed by atoms with E-state index in [1.54, 1.807) is 24.1 Å². The first-order valence-corrected chi connectivity index (χ1v) is 10.2. The molecule has 1 atom stereocenters. The van der Waals surface area contributed by atoms with E-state index in [0.29, 0.717) is 17.9 Å². The molecule has 0 bridgehead atoms. The number of benzene rings is 2. The van der Waals surface area contributed by atoms with Gasteiger partial charge >= 0.3 is 0 Å². The van der Waals surface area contributed by atoms with Gasteiger partial charge in [0.05, 0.1) is 10.9 Å². The van der Waals surface area contributed by atoms with Crippen molar-refractivity contribution in [3.8, 4) is 0 Å². The molecule has 0 saturated heterocycles. The Morgan fingerprint density at radius 1 is 1.19 bits per heavy atom. The van der Waals surface area contributed by atoms with Crippen LogP contribution in [-0.2, 0) is 21.2 Å². The first kappa shape index (κ1) is 20.4. The van der Waals surface area contributed by atoms with E-state index in [-0.39, 0.29) is 16.8 Å². The van der Waals surface area contributed by atoms with Crippen molar-refractivity contribution in [1.29, 1.82) is 0 Å². The Morgan fingerprint density at radius 2 is 1.81 bits per heavy atom. The van der Waals surface area contributed by atoms with Crippen LogP contribution in [0.5, 0.6) is 0 Å².